The molecule has 0 radical (unpaired) electrons. The maximum atomic E-state index is 13.0. The van der Waals surface area contributed by atoms with Gasteiger partial charge in [-0.25, -0.2) is 0 Å². The number of carbonyl (C=O) groups is 2. The van der Waals surface area contributed by atoms with Crippen molar-refractivity contribution in [3.8, 4) is 0 Å². The highest BCUT2D eigenvalue weighted by Gasteiger charge is 2.46. The summed E-state index contributed by atoms with van der Waals surface area (Å²) in [6.45, 7) is 0.622. The summed E-state index contributed by atoms with van der Waals surface area (Å²) in [6.07, 6.45) is 10.1. The molecule has 19 heavy (non-hydrogen) atoms. The molecule has 2 saturated carbocycles. The molecule has 0 aromatic heterocycles. The smallest absolute Gasteiger partial charge is 0.248 e. The third kappa shape index (κ3) is 2.37. The van der Waals surface area contributed by atoms with Crippen molar-refractivity contribution in [3.63, 3.8) is 0 Å². The number of amides is 2. The molecule has 2 amide bonds. The lowest BCUT2D eigenvalue weighted by Crippen LogP contribution is -2.59. The Morgan fingerprint density at radius 3 is 2.37 bits per heavy atom. The molecule has 1 aliphatic heterocycles. The number of nitrogens with zero attached hydrogens (tertiary/aromatic N) is 1. The first-order valence-electron chi connectivity index (χ1n) is 7.83. The normalized spacial score (nSPS) is 28.5. The Balaban J connectivity index is 1.85. The van der Waals surface area contributed by atoms with E-state index >= 15 is 0 Å². The third-order valence-electron chi connectivity index (χ3n) is 5.10. The van der Waals surface area contributed by atoms with Crippen molar-refractivity contribution in [1.29, 1.82) is 0 Å². The van der Waals surface area contributed by atoms with Gasteiger partial charge in [0.05, 0.1) is 0 Å². The molecule has 0 bridgehead atoms. The molecule has 0 unspecified atom stereocenters. The van der Waals surface area contributed by atoms with Crippen LogP contribution < -0.4 is 5.32 Å². The molecule has 106 valence electrons. The highest BCUT2D eigenvalue weighted by molar-refractivity contribution is 5.93. The van der Waals surface area contributed by atoms with Gasteiger partial charge in [0.15, 0.2) is 0 Å². The van der Waals surface area contributed by atoms with Gasteiger partial charge in [0.2, 0.25) is 11.8 Å². The van der Waals surface area contributed by atoms with Crippen LogP contribution in [0.5, 0.6) is 0 Å². The molecule has 1 saturated heterocycles. The van der Waals surface area contributed by atoms with E-state index in [9.17, 15) is 9.59 Å². The summed E-state index contributed by atoms with van der Waals surface area (Å²) < 4.78 is 0. The summed E-state index contributed by atoms with van der Waals surface area (Å²) >= 11 is 0. The lowest BCUT2D eigenvalue weighted by Gasteiger charge is -2.40. The highest BCUT2D eigenvalue weighted by Crippen LogP contribution is 2.34. The fourth-order valence-corrected chi connectivity index (χ4v) is 4.04. The van der Waals surface area contributed by atoms with Crippen LogP contribution in [0.1, 0.15) is 64.2 Å². The molecule has 0 aromatic carbocycles. The first kappa shape index (κ1) is 12.9. The minimum Gasteiger partial charge on any atom is -0.342 e. The second kappa shape index (κ2) is 5.14. The second-order valence-corrected chi connectivity index (χ2v) is 6.38. The second-order valence-electron chi connectivity index (χ2n) is 6.38. The molecular weight excluding hydrogens is 240 g/mol. The van der Waals surface area contributed by atoms with E-state index in [2.05, 4.69) is 5.32 Å². The van der Waals surface area contributed by atoms with Gasteiger partial charge in [-0.3, -0.25) is 9.59 Å². The minimum atomic E-state index is -0.561. The highest BCUT2D eigenvalue weighted by atomic mass is 16.2. The average molecular weight is 264 g/mol. The lowest BCUT2D eigenvalue weighted by atomic mass is 9.80. The molecule has 3 fully saturated rings. The molecule has 4 heteroatoms. The van der Waals surface area contributed by atoms with Crippen molar-refractivity contribution in [1.82, 2.24) is 10.2 Å². The topological polar surface area (TPSA) is 49.4 Å². The van der Waals surface area contributed by atoms with E-state index in [1.54, 1.807) is 0 Å². The Morgan fingerprint density at radius 1 is 1.00 bits per heavy atom. The summed E-state index contributed by atoms with van der Waals surface area (Å²) in [4.78, 5) is 27.0. The van der Waals surface area contributed by atoms with Crippen LogP contribution in [-0.2, 0) is 9.59 Å². The minimum absolute atomic E-state index is 0.0655. The number of carbonyl (C=O) groups excluding carboxylic acids is 2. The van der Waals surface area contributed by atoms with Crippen molar-refractivity contribution in [2.45, 2.75) is 75.8 Å². The van der Waals surface area contributed by atoms with Gasteiger partial charge in [-0.1, -0.05) is 32.1 Å². The zero-order chi connectivity index (χ0) is 13.3. The standard InChI is InChI=1S/C15H24N2O2/c18-13-8-11-17(12-6-2-3-7-12)14(19)15(16-13)9-4-1-5-10-15/h12H,1-11H2,(H,16,18). The van der Waals surface area contributed by atoms with Crippen LogP contribution in [-0.4, -0.2) is 34.8 Å². The van der Waals surface area contributed by atoms with Gasteiger partial charge in [-0.05, 0) is 25.7 Å². The monoisotopic (exact) mass is 264 g/mol. The fourth-order valence-electron chi connectivity index (χ4n) is 4.04. The Labute approximate surface area is 114 Å². The Hall–Kier alpha value is -1.06. The van der Waals surface area contributed by atoms with Crippen molar-refractivity contribution in [3.05, 3.63) is 0 Å². The van der Waals surface area contributed by atoms with Gasteiger partial charge < -0.3 is 10.2 Å². The van der Waals surface area contributed by atoms with E-state index < -0.39 is 5.54 Å². The van der Waals surface area contributed by atoms with Gasteiger partial charge in [-0.15, -0.1) is 0 Å². The fraction of sp³-hybridized carbons (Fsp3) is 0.867. The van der Waals surface area contributed by atoms with E-state index in [1.807, 2.05) is 4.90 Å². The number of nitrogens with one attached hydrogen (secondary N) is 1. The van der Waals surface area contributed by atoms with E-state index in [0.29, 0.717) is 19.0 Å². The quantitative estimate of drug-likeness (QED) is 0.787. The predicted molar refractivity (Wildman–Crippen MR) is 72.5 cm³/mol. The maximum Gasteiger partial charge on any atom is 0.248 e. The van der Waals surface area contributed by atoms with E-state index in [1.165, 1.54) is 19.3 Å². The zero-order valence-electron chi connectivity index (χ0n) is 11.6. The van der Waals surface area contributed by atoms with E-state index in [-0.39, 0.29) is 11.8 Å². The van der Waals surface area contributed by atoms with Crippen molar-refractivity contribution < 1.29 is 9.59 Å². The molecule has 1 heterocycles. The number of hydrogen-bond acceptors (Lipinski definition) is 2. The summed E-state index contributed by atoms with van der Waals surface area (Å²) in [5.41, 5.74) is -0.561. The van der Waals surface area contributed by atoms with Gasteiger partial charge in [0.1, 0.15) is 5.54 Å². The van der Waals surface area contributed by atoms with Crippen LogP contribution in [0.3, 0.4) is 0 Å². The van der Waals surface area contributed by atoms with Crippen LogP contribution in [0.25, 0.3) is 0 Å². The number of rotatable bonds is 1. The predicted octanol–water partition coefficient (Wildman–Crippen LogP) is 1.98. The zero-order valence-corrected chi connectivity index (χ0v) is 11.6. The lowest BCUT2D eigenvalue weighted by molar-refractivity contribution is -0.142. The molecule has 2 aliphatic carbocycles. The van der Waals surface area contributed by atoms with Crippen LogP contribution in [0.2, 0.25) is 0 Å². The molecular formula is C15H24N2O2. The molecule has 0 aromatic rings. The first-order valence-corrected chi connectivity index (χ1v) is 7.83. The van der Waals surface area contributed by atoms with Gasteiger partial charge in [0, 0.05) is 19.0 Å². The SMILES string of the molecule is O=C1CCN(C2CCCC2)C(=O)C2(CCCCC2)N1. The van der Waals surface area contributed by atoms with Crippen molar-refractivity contribution in [2.24, 2.45) is 0 Å². The molecule has 0 atom stereocenters. The van der Waals surface area contributed by atoms with Crippen molar-refractivity contribution >= 4 is 11.8 Å². The maximum absolute atomic E-state index is 13.0. The van der Waals surface area contributed by atoms with Crippen LogP contribution in [0.4, 0.5) is 0 Å². The molecule has 1 spiro atoms. The Kier molecular flexibility index (Phi) is 3.50. The molecule has 3 rings (SSSR count). The summed E-state index contributed by atoms with van der Waals surface area (Å²) in [7, 11) is 0. The first-order chi connectivity index (χ1) is 9.21. The third-order valence-corrected chi connectivity index (χ3v) is 5.10. The summed E-state index contributed by atoms with van der Waals surface area (Å²) in [6, 6.07) is 0.388. The molecule has 1 N–H and O–H groups in total. The Bertz CT molecular complexity index is 368. The van der Waals surface area contributed by atoms with Gasteiger partial charge >= 0.3 is 0 Å². The van der Waals surface area contributed by atoms with Gasteiger partial charge in [0.25, 0.3) is 0 Å². The van der Waals surface area contributed by atoms with Gasteiger partial charge in [-0.2, -0.15) is 0 Å². The molecule has 4 nitrogen and oxygen atoms in total. The summed E-state index contributed by atoms with van der Waals surface area (Å²) in [5, 5.41) is 3.07. The largest absolute Gasteiger partial charge is 0.342 e. The van der Waals surface area contributed by atoms with Crippen LogP contribution in [0, 0.1) is 0 Å². The Morgan fingerprint density at radius 2 is 1.68 bits per heavy atom. The average Bonchev–Trinajstić information content (AvgIpc) is 2.90. The van der Waals surface area contributed by atoms with Crippen molar-refractivity contribution in [2.75, 3.05) is 6.54 Å². The molecule has 3 aliphatic rings. The van der Waals surface area contributed by atoms with E-state index in [0.717, 1.165) is 38.5 Å². The number of hydrogen-bond donors (Lipinski definition) is 1. The van der Waals surface area contributed by atoms with Crippen LogP contribution in [0.15, 0.2) is 0 Å². The van der Waals surface area contributed by atoms with Crippen LogP contribution >= 0.6 is 0 Å². The van der Waals surface area contributed by atoms with E-state index in [4.69, 9.17) is 0 Å². The summed E-state index contributed by atoms with van der Waals surface area (Å²) in [5.74, 6) is 0.278.